The number of hydrogen-bond acceptors (Lipinski definition) is 5. The number of fused-ring (bicyclic) bond motifs is 1. The summed E-state index contributed by atoms with van der Waals surface area (Å²) in [5, 5.41) is 8.33. The highest BCUT2D eigenvalue weighted by atomic mass is 16.5. The Balaban J connectivity index is 1.71. The van der Waals surface area contributed by atoms with Crippen molar-refractivity contribution < 1.29 is 9.53 Å². The summed E-state index contributed by atoms with van der Waals surface area (Å²) in [5.41, 5.74) is 5.42. The summed E-state index contributed by atoms with van der Waals surface area (Å²) >= 11 is 0. The maximum Gasteiger partial charge on any atom is 0.254 e. The van der Waals surface area contributed by atoms with Gasteiger partial charge in [-0.2, -0.15) is 5.10 Å². The predicted molar refractivity (Wildman–Crippen MR) is 140 cm³/mol. The molecule has 1 amide bonds. The lowest BCUT2D eigenvalue weighted by molar-refractivity contribution is 0.0716. The smallest absolute Gasteiger partial charge is 0.254 e. The molecule has 2 heterocycles. The summed E-state index contributed by atoms with van der Waals surface area (Å²) < 4.78 is 5.95. The summed E-state index contributed by atoms with van der Waals surface area (Å²) in [6.45, 7) is 5.26. The molecule has 0 bridgehead atoms. The zero-order valence-corrected chi connectivity index (χ0v) is 21.1. The van der Waals surface area contributed by atoms with Gasteiger partial charge in [-0.3, -0.25) is 14.9 Å². The van der Waals surface area contributed by atoms with Crippen LogP contribution in [0.2, 0.25) is 0 Å². The molecule has 4 rings (SSSR count). The largest absolute Gasteiger partial charge is 0.493 e. The van der Waals surface area contributed by atoms with Crippen LogP contribution in [-0.4, -0.2) is 65.2 Å². The molecule has 2 aromatic heterocycles. The van der Waals surface area contributed by atoms with E-state index in [0.29, 0.717) is 17.9 Å². The minimum Gasteiger partial charge on any atom is -0.493 e. The molecule has 1 N–H and O–H groups in total. The van der Waals surface area contributed by atoms with Gasteiger partial charge in [-0.1, -0.05) is 30.3 Å². The lowest BCUT2D eigenvalue weighted by Crippen LogP contribution is -2.33. The molecule has 0 radical (unpaired) electrons. The van der Waals surface area contributed by atoms with Crippen LogP contribution in [0.25, 0.3) is 22.0 Å². The Morgan fingerprint density at radius 2 is 1.86 bits per heavy atom. The first-order valence-electron chi connectivity index (χ1n) is 11.9. The van der Waals surface area contributed by atoms with E-state index in [0.717, 1.165) is 46.3 Å². The van der Waals surface area contributed by atoms with Crippen molar-refractivity contribution in [2.75, 3.05) is 34.3 Å². The van der Waals surface area contributed by atoms with E-state index in [4.69, 9.17) is 4.74 Å². The molecular weight excluding hydrogens is 438 g/mol. The average Bonchev–Trinajstić information content (AvgIpc) is 3.36. The van der Waals surface area contributed by atoms with Crippen molar-refractivity contribution in [3.63, 3.8) is 0 Å². The van der Waals surface area contributed by atoms with Gasteiger partial charge in [0.2, 0.25) is 0 Å². The third kappa shape index (κ3) is 5.20. The lowest BCUT2D eigenvalue weighted by atomic mass is 9.99. The number of carbonyl (C=O) groups is 1. The fraction of sp³-hybridized carbons (Fsp3) is 0.321. The van der Waals surface area contributed by atoms with E-state index in [2.05, 4.69) is 20.1 Å². The van der Waals surface area contributed by atoms with E-state index in [9.17, 15) is 4.79 Å². The van der Waals surface area contributed by atoms with E-state index in [-0.39, 0.29) is 11.9 Å². The molecule has 4 aromatic rings. The van der Waals surface area contributed by atoms with Crippen molar-refractivity contribution in [2.45, 2.75) is 26.3 Å². The van der Waals surface area contributed by atoms with Crippen LogP contribution in [0.1, 0.15) is 41.0 Å². The zero-order chi connectivity index (χ0) is 24.9. The first-order valence-corrected chi connectivity index (χ1v) is 11.9. The minimum atomic E-state index is -0.176. The molecule has 2 aromatic carbocycles. The Bertz CT molecular complexity index is 1300. The normalized spacial score (nSPS) is 12.2. The van der Waals surface area contributed by atoms with Crippen LogP contribution in [-0.2, 0) is 0 Å². The number of aryl methyl sites for hydroxylation is 1. The Kier molecular flexibility index (Phi) is 7.46. The molecule has 0 spiro atoms. The standard InChI is InChI=1S/C28H33N5O2/c1-6-35-26-16-21(12-13-22(26)20-10-8-7-9-11-20)28(34)33(5)25(14-15-32(3)4)24-17-29-19(2)23-18-30-31-27(23)24/h7-13,16-18,25H,6,14-15H2,1-5H3,(H,30,31). The third-order valence-electron chi connectivity index (χ3n) is 6.32. The van der Waals surface area contributed by atoms with E-state index in [1.807, 2.05) is 94.6 Å². The summed E-state index contributed by atoms with van der Waals surface area (Å²) in [6, 6.07) is 15.6. The van der Waals surface area contributed by atoms with Gasteiger partial charge in [-0.05, 0) is 64.7 Å². The van der Waals surface area contributed by atoms with Crippen LogP contribution in [0.4, 0.5) is 0 Å². The summed E-state index contributed by atoms with van der Waals surface area (Å²) in [7, 11) is 5.93. The van der Waals surface area contributed by atoms with E-state index >= 15 is 0 Å². The van der Waals surface area contributed by atoms with E-state index in [1.165, 1.54) is 0 Å². The van der Waals surface area contributed by atoms with Gasteiger partial charge in [0.15, 0.2) is 0 Å². The van der Waals surface area contributed by atoms with Crippen molar-refractivity contribution in [1.29, 1.82) is 0 Å². The fourth-order valence-corrected chi connectivity index (χ4v) is 4.40. The van der Waals surface area contributed by atoms with Gasteiger partial charge >= 0.3 is 0 Å². The molecule has 0 fully saturated rings. The number of aromatic nitrogens is 3. The number of pyridine rings is 1. The summed E-state index contributed by atoms with van der Waals surface area (Å²) in [5.74, 6) is 0.637. The summed E-state index contributed by atoms with van der Waals surface area (Å²) in [4.78, 5) is 22.3. The number of nitrogens with one attached hydrogen (secondary N) is 1. The van der Waals surface area contributed by atoms with Crippen LogP contribution in [0.15, 0.2) is 60.9 Å². The Morgan fingerprint density at radius 3 is 2.57 bits per heavy atom. The lowest BCUT2D eigenvalue weighted by Gasteiger charge is -2.30. The van der Waals surface area contributed by atoms with Crippen LogP contribution in [0.5, 0.6) is 5.75 Å². The zero-order valence-electron chi connectivity index (χ0n) is 21.1. The van der Waals surface area contributed by atoms with Crippen LogP contribution >= 0.6 is 0 Å². The third-order valence-corrected chi connectivity index (χ3v) is 6.32. The Labute approximate surface area is 206 Å². The number of ether oxygens (including phenoxy) is 1. The first-order chi connectivity index (χ1) is 16.9. The van der Waals surface area contributed by atoms with Crippen molar-refractivity contribution in [2.24, 2.45) is 0 Å². The second-order valence-electron chi connectivity index (χ2n) is 8.99. The van der Waals surface area contributed by atoms with Crippen LogP contribution < -0.4 is 4.74 Å². The van der Waals surface area contributed by atoms with Gasteiger partial charge in [0.25, 0.3) is 5.91 Å². The Morgan fingerprint density at radius 1 is 1.09 bits per heavy atom. The molecule has 7 nitrogen and oxygen atoms in total. The average molecular weight is 472 g/mol. The predicted octanol–water partition coefficient (Wildman–Crippen LogP) is 5.10. The van der Waals surface area contributed by atoms with E-state index in [1.54, 1.807) is 6.20 Å². The quantitative estimate of drug-likeness (QED) is 0.368. The summed E-state index contributed by atoms with van der Waals surface area (Å²) in [6.07, 6.45) is 4.42. The van der Waals surface area contributed by atoms with Gasteiger partial charge in [-0.25, -0.2) is 0 Å². The molecule has 0 saturated carbocycles. The highest BCUT2D eigenvalue weighted by molar-refractivity contribution is 5.96. The molecule has 1 unspecified atom stereocenters. The number of H-pyrrole nitrogens is 1. The second kappa shape index (κ2) is 10.7. The van der Waals surface area contributed by atoms with Gasteiger partial charge in [0.1, 0.15) is 5.75 Å². The molecule has 7 heteroatoms. The van der Waals surface area contributed by atoms with Crippen LogP contribution in [0, 0.1) is 6.92 Å². The van der Waals surface area contributed by atoms with Gasteiger partial charge < -0.3 is 14.5 Å². The topological polar surface area (TPSA) is 74.3 Å². The molecular formula is C28H33N5O2. The van der Waals surface area contributed by atoms with Gasteiger partial charge in [0, 0.05) is 41.0 Å². The second-order valence-corrected chi connectivity index (χ2v) is 8.99. The monoisotopic (exact) mass is 471 g/mol. The maximum atomic E-state index is 13.8. The van der Waals surface area contributed by atoms with Gasteiger partial charge in [0.05, 0.1) is 24.4 Å². The number of carbonyl (C=O) groups excluding carboxylic acids is 1. The number of benzene rings is 2. The molecule has 0 saturated heterocycles. The van der Waals surface area contributed by atoms with Crippen molar-refractivity contribution in [1.82, 2.24) is 25.0 Å². The molecule has 0 aliphatic heterocycles. The minimum absolute atomic E-state index is 0.0671. The fourth-order valence-electron chi connectivity index (χ4n) is 4.40. The number of amides is 1. The number of hydrogen-bond donors (Lipinski definition) is 1. The molecule has 0 aliphatic carbocycles. The Hall–Kier alpha value is -3.71. The van der Waals surface area contributed by atoms with Crippen molar-refractivity contribution in [3.8, 4) is 16.9 Å². The number of rotatable bonds is 9. The number of aromatic amines is 1. The van der Waals surface area contributed by atoms with Crippen molar-refractivity contribution in [3.05, 3.63) is 77.7 Å². The maximum absolute atomic E-state index is 13.8. The highest BCUT2D eigenvalue weighted by Crippen LogP contribution is 2.34. The first kappa shape index (κ1) is 24.4. The van der Waals surface area contributed by atoms with Gasteiger partial charge in [-0.15, -0.1) is 0 Å². The highest BCUT2D eigenvalue weighted by Gasteiger charge is 2.26. The number of nitrogens with zero attached hydrogens (tertiary/aromatic N) is 4. The molecule has 35 heavy (non-hydrogen) atoms. The molecule has 1 atom stereocenters. The van der Waals surface area contributed by atoms with Crippen molar-refractivity contribution >= 4 is 16.8 Å². The SMILES string of the molecule is CCOc1cc(C(=O)N(C)C(CCN(C)C)c2cnc(C)c3cn[nH]c23)ccc1-c1ccccc1. The van der Waals surface area contributed by atoms with E-state index < -0.39 is 0 Å². The van der Waals surface area contributed by atoms with Crippen LogP contribution in [0.3, 0.4) is 0 Å². The molecule has 182 valence electrons. The molecule has 0 aliphatic rings.